The smallest absolute Gasteiger partial charge is 0.243 e. The van der Waals surface area contributed by atoms with Gasteiger partial charge >= 0.3 is 0 Å². The minimum Gasteiger partial charge on any atom is -0.497 e. The summed E-state index contributed by atoms with van der Waals surface area (Å²) in [6.45, 7) is 2.23. The van der Waals surface area contributed by atoms with Crippen LogP contribution in [0.2, 0.25) is 0 Å². The van der Waals surface area contributed by atoms with Gasteiger partial charge in [0.25, 0.3) is 0 Å². The molecule has 0 spiro atoms. The molecule has 0 saturated carbocycles. The van der Waals surface area contributed by atoms with Gasteiger partial charge in [0.05, 0.1) is 13.7 Å². The Balaban J connectivity index is 1.87. The molecule has 0 heterocycles. The molecule has 0 aliphatic heterocycles. The minimum absolute atomic E-state index is 0.100. The topological polar surface area (TPSA) is 50.4 Å². The maximum absolute atomic E-state index is 11.9. The minimum atomic E-state index is -0.100. The lowest BCUT2D eigenvalue weighted by Gasteiger charge is -2.09. The second-order valence-corrected chi connectivity index (χ2v) is 5.45. The van der Waals surface area contributed by atoms with E-state index in [9.17, 15) is 4.79 Å². The summed E-state index contributed by atoms with van der Waals surface area (Å²) in [7, 11) is 1.61. The first kappa shape index (κ1) is 15.4. The number of hydrogen-bond acceptors (Lipinski definition) is 3. The largest absolute Gasteiger partial charge is 0.497 e. The summed E-state index contributed by atoms with van der Waals surface area (Å²) in [5, 5.41) is 5.91. The first-order valence-electron chi connectivity index (χ1n) is 6.52. The van der Waals surface area contributed by atoms with E-state index in [2.05, 4.69) is 26.6 Å². The molecule has 2 rings (SSSR count). The van der Waals surface area contributed by atoms with E-state index in [0.29, 0.717) is 0 Å². The van der Waals surface area contributed by atoms with Crippen molar-refractivity contribution in [3.63, 3.8) is 0 Å². The fourth-order valence-electron chi connectivity index (χ4n) is 1.76. The number of hydrogen-bond donors (Lipinski definition) is 2. The molecule has 0 radical (unpaired) electrons. The maximum Gasteiger partial charge on any atom is 0.243 e. The van der Waals surface area contributed by atoms with Crippen LogP contribution >= 0.6 is 15.9 Å². The third-order valence-electron chi connectivity index (χ3n) is 3.00. The standard InChI is InChI=1S/C16H17BrN2O2/c1-11-3-4-13(9-15(11)17)18-10-16(20)19-12-5-7-14(21-2)8-6-12/h3-9,18H,10H2,1-2H3,(H,19,20). The van der Waals surface area contributed by atoms with Crippen LogP contribution in [0.1, 0.15) is 5.56 Å². The molecule has 21 heavy (non-hydrogen) atoms. The number of carbonyl (C=O) groups excluding carboxylic acids is 1. The summed E-state index contributed by atoms with van der Waals surface area (Å²) < 4.78 is 6.09. The van der Waals surface area contributed by atoms with Gasteiger partial charge in [0.1, 0.15) is 5.75 Å². The number of halogens is 1. The van der Waals surface area contributed by atoms with Crippen LogP contribution in [0.5, 0.6) is 5.75 Å². The van der Waals surface area contributed by atoms with Crippen molar-refractivity contribution in [2.75, 3.05) is 24.3 Å². The summed E-state index contributed by atoms with van der Waals surface area (Å²) in [6.07, 6.45) is 0. The molecule has 2 aromatic rings. The quantitative estimate of drug-likeness (QED) is 0.863. The zero-order valence-electron chi connectivity index (χ0n) is 11.9. The highest BCUT2D eigenvalue weighted by Gasteiger charge is 2.03. The van der Waals surface area contributed by atoms with Gasteiger partial charge in [-0.25, -0.2) is 0 Å². The lowest BCUT2D eigenvalue weighted by molar-refractivity contribution is -0.114. The second kappa shape index (κ2) is 7.13. The third-order valence-corrected chi connectivity index (χ3v) is 3.85. The van der Waals surface area contributed by atoms with E-state index in [4.69, 9.17) is 4.74 Å². The van der Waals surface area contributed by atoms with Crippen LogP contribution in [-0.4, -0.2) is 19.6 Å². The highest BCUT2D eigenvalue weighted by Crippen LogP contribution is 2.20. The number of anilines is 2. The average Bonchev–Trinajstić information content (AvgIpc) is 2.49. The van der Waals surface area contributed by atoms with Gasteiger partial charge in [-0.15, -0.1) is 0 Å². The molecule has 0 unspecified atom stereocenters. The van der Waals surface area contributed by atoms with E-state index in [1.807, 2.05) is 25.1 Å². The summed E-state index contributed by atoms with van der Waals surface area (Å²) >= 11 is 3.47. The third kappa shape index (κ3) is 4.49. The van der Waals surface area contributed by atoms with Crippen molar-refractivity contribution < 1.29 is 9.53 Å². The number of amides is 1. The molecule has 110 valence electrons. The van der Waals surface area contributed by atoms with Gasteiger partial charge in [-0.3, -0.25) is 4.79 Å². The maximum atomic E-state index is 11.9. The second-order valence-electron chi connectivity index (χ2n) is 4.59. The molecule has 2 N–H and O–H groups in total. The molecule has 4 nitrogen and oxygen atoms in total. The molecule has 2 aromatic carbocycles. The van der Waals surface area contributed by atoms with Crippen molar-refractivity contribution in [2.24, 2.45) is 0 Å². The van der Waals surface area contributed by atoms with Crippen molar-refractivity contribution in [3.8, 4) is 5.75 Å². The van der Waals surface area contributed by atoms with Gasteiger partial charge in [-0.1, -0.05) is 22.0 Å². The lowest BCUT2D eigenvalue weighted by Crippen LogP contribution is -2.21. The van der Waals surface area contributed by atoms with Crippen LogP contribution in [0.4, 0.5) is 11.4 Å². The van der Waals surface area contributed by atoms with Crippen LogP contribution in [-0.2, 0) is 4.79 Å². The van der Waals surface area contributed by atoms with E-state index < -0.39 is 0 Å². The van der Waals surface area contributed by atoms with Crippen LogP contribution in [0.15, 0.2) is 46.9 Å². The molecule has 0 saturated heterocycles. The van der Waals surface area contributed by atoms with Crippen LogP contribution < -0.4 is 15.4 Å². The van der Waals surface area contributed by atoms with Gasteiger partial charge < -0.3 is 15.4 Å². The number of ether oxygens (including phenoxy) is 1. The van der Waals surface area contributed by atoms with Gasteiger partial charge in [-0.05, 0) is 48.9 Å². The molecule has 0 aliphatic carbocycles. The Morgan fingerprint density at radius 3 is 2.43 bits per heavy atom. The Morgan fingerprint density at radius 1 is 1.14 bits per heavy atom. The first-order valence-corrected chi connectivity index (χ1v) is 7.31. The number of methoxy groups -OCH3 is 1. The molecular weight excluding hydrogens is 332 g/mol. The summed E-state index contributed by atoms with van der Waals surface area (Å²) in [4.78, 5) is 11.9. The fraction of sp³-hybridized carbons (Fsp3) is 0.188. The van der Waals surface area contributed by atoms with E-state index in [-0.39, 0.29) is 12.5 Å². The van der Waals surface area contributed by atoms with Gasteiger partial charge in [-0.2, -0.15) is 0 Å². The molecule has 0 fully saturated rings. The van der Waals surface area contributed by atoms with Crippen molar-refractivity contribution in [1.29, 1.82) is 0 Å². The van der Waals surface area contributed by atoms with Gasteiger partial charge in [0.15, 0.2) is 0 Å². The number of carbonyl (C=O) groups is 1. The zero-order chi connectivity index (χ0) is 15.2. The zero-order valence-corrected chi connectivity index (χ0v) is 13.5. The summed E-state index contributed by atoms with van der Waals surface area (Å²) in [6, 6.07) is 13.1. The molecule has 0 atom stereocenters. The van der Waals surface area contributed by atoms with Crippen LogP contribution in [0.25, 0.3) is 0 Å². The van der Waals surface area contributed by atoms with E-state index in [1.165, 1.54) is 0 Å². The van der Waals surface area contributed by atoms with Crippen molar-refractivity contribution >= 4 is 33.2 Å². The highest BCUT2D eigenvalue weighted by atomic mass is 79.9. The molecule has 5 heteroatoms. The van der Waals surface area contributed by atoms with Gasteiger partial charge in [0, 0.05) is 15.8 Å². The fourth-order valence-corrected chi connectivity index (χ4v) is 2.14. The van der Waals surface area contributed by atoms with Gasteiger partial charge in [0.2, 0.25) is 5.91 Å². The number of aryl methyl sites for hydroxylation is 1. The van der Waals surface area contributed by atoms with Crippen molar-refractivity contribution in [3.05, 3.63) is 52.5 Å². The van der Waals surface area contributed by atoms with E-state index in [1.54, 1.807) is 31.4 Å². The lowest BCUT2D eigenvalue weighted by atomic mass is 10.2. The summed E-state index contributed by atoms with van der Waals surface area (Å²) in [5.74, 6) is 0.660. The molecular formula is C16H17BrN2O2. The Labute approximate surface area is 132 Å². The van der Waals surface area contributed by atoms with Crippen LogP contribution in [0.3, 0.4) is 0 Å². The van der Waals surface area contributed by atoms with Crippen molar-refractivity contribution in [2.45, 2.75) is 6.92 Å². The Morgan fingerprint density at radius 2 is 1.81 bits per heavy atom. The Bertz CT molecular complexity index is 627. The molecule has 0 bridgehead atoms. The predicted octanol–water partition coefficient (Wildman–Crippen LogP) is 3.82. The van der Waals surface area contributed by atoms with E-state index in [0.717, 1.165) is 27.2 Å². The highest BCUT2D eigenvalue weighted by molar-refractivity contribution is 9.10. The normalized spacial score (nSPS) is 10.0. The SMILES string of the molecule is COc1ccc(NC(=O)CNc2ccc(C)c(Br)c2)cc1. The molecule has 0 aromatic heterocycles. The summed E-state index contributed by atoms with van der Waals surface area (Å²) in [5.41, 5.74) is 2.80. The molecule has 0 aliphatic rings. The number of rotatable bonds is 5. The number of nitrogens with one attached hydrogen (secondary N) is 2. The monoisotopic (exact) mass is 348 g/mol. The van der Waals surface area contributed by atoms with E-state index >= 15 is 0 Å². The average molecular weight is 349 g/mol. The molecule has 1 amide bonds. The Kier molecular flexibility index (Phi) is 5.22. The van der Waals surface area contributed by atoms with Crippen molar-refractivity contribution in [1.82, 2.24) is 0 Å². The number of benzene rings is 2. The Hall–Kier alpha value is -2.01. The first-order chi connectivity index (χ1) is 10.1. The van der Waals surface area contributed by atoms with Crippen LogP contribution in [0, 0.1) is 6.92 Å². The predicted molar refractivity (Wildman–Crippen MR) is 89.0 cm³/mol.